The molecule has 8 nitrogen and oxygen atoms in total. The van der Waals surface area contributed by atoms with Crippen LogP contribution < -0.4 is 5.32 Å². The van der Waals surface area contributed by atoms with Crippen LogP contribution in [0.2, 0.25) is 0 Å². The lowest BCUT2D eigenvalue weighted by Crippen LogP contribution is -2.42. The van der Waals surface area contributed by atoms with E-state index in [0.717, 1.165) is 44.5 Å². The summed E-state index contributed by atoms with van der Waals surface area (Å²) < 4.78 is 5.33. The first kappa shape index (κ1) is 19.9. The molecule has 0 spiro atoms. The van der Waals surface area contributed by atoms with Crippen LogP contribution in [0.25, 0.3) is 11.6 Å². The van der Waals surface area contributed by atoms with Crippen LogP contribution >= 0.6 is 24.0 Å². The predicted molar refractivity (Wildman–Crippen MR) is 115 cm³/mol. The minimum Gasteiger partial charge on any atom is -0.461 e. The number of aromatic amines is 1. The van der Waals surface area contributed by atoms with Gasteiger partial charge in [0.1, 0.15) is 12.4 Å². The molecule has 1 saturated heterocycles. The molecule has 4 heterocycles. The first-order chi connectivity index (χ1) is 12.8. The van der Waals surface area contributed by atoms with Crippen molar-refractivity contribution < 1.29 is 4.42 Å². The molecule has 0 amide bonds. The molecule has 1 atom stereocenters. The van der Waals surface area contributed by atoms with Gasteiger partial charge in [-0.25, -0.2) is 9.98 Å². The van der Waals surface area contributed by atoms with E-state index < -0.39 is 0 Å². The Kier molecular flexibility index (Phi) is 6.89. The van der Waals surface area contributed by atoms with Crippen molar-refractivity contribution >= 4 is 29.9 Å². The van der Waals surface area contributed by atoms with Crippen molar-refractivity contribution in [3.63, 3.8) is 0 Å². The Labute approximate surface area is 176 Å². The summed E-state index contributed by atoms with van der Waals surface area (Å²) in [6, 6.07) is 4.27. The van der Waals surface area contributed by atoms with Gasteiger partial charge in [0.2, 0.25) is 5.82 Å². The number of H-pyrrole nitrogens is 1. The van der Waals surface area contributed by atoms with Crippen LogP contribution in [0.3, 0.4) is 0 Å². The number of hydrogen-bond acceptors (Lipinski definition) is 5. The molecule has 2 aliphatic rings. The molecule has 0 saturated carbocycles. The van der Waals surface area contributed by atoms with Gasteiger partial charge in [0.05, 0.1) is 6.26 Å². The molecule has 146 valence electrons. The van der Waals surface area contributed by atoms with Crippen LogP contribution in [0, 0.1) is 0 Å². The summed E-state index contributed by atoms with van der Waals surface area (Å²) in [7, 11) is 0. The second kappa shape index (κ2) is 9.36. The van der Waals surface area contributed by atoms with Crippen LogP contribution in [-0.2, 0) is 6.54 Å². The Morgan fingerprint density at radius 1 is 1.41 bits per heavy atom. The molecule has 0 aromatic carbocycles. The molecule has 1 fully saturated rings. The largest absolute Gasteiger partial charge is 0.461 e. The van der Waals surface area contributed by atoms with Crippen LogP contribution in [0.4, 0.5) is 0 Å². The number of nitrogens with zero attached hydrogens (tertiary/aromatic N) is 5. The fraction of sp³-hybridized carbons (Fsp3) is 0.500. The quantitative estimate of drug-likeness (QED) is 0.293. The molecule has 2 N–H and O–H groups in total. The van der Waals surface area contributed by atoms with E-state index in [2.05, 4.69) is 49.4 Å². The highest BCUT2D eigenvalue weighted by Gasteiger charge is 2.29. The summed E-state index contributed by atoms with van der Waals surface area (Å²) in [6.45, 7) is 7.58. The minimum atomic E-state index is 0. The standard InChI is InChI=1S/C18H25N7O.HI/c1-2-19-18(25-10-7-14(13-25)24-8-3-4-9-24)20-12-16-21-17(23-22-16)15-6-5-11-26-15;/h3-6,11,14H,2,7-10,12-13H2,1H3,(H,19,20)(H,21,22,23);1H. The van der Waals surface area contributed by atoms with Crippen molar-refractivity contribution in [3.8, 4) is 11.6 Å². The highest BCUT2D eigenvalue weighted by Crippen LogP contribution is 2.18. The lowest BCUT2D eigenvalue weighted by atomic mass is 10.2. The molecule has 2 aliphatic heterocycles. The zero-order chi connectivity index (χ0) is 17.8. The van der Waals surface area contributed by atoms with Gasteiger partial charge in [0, 0.05) is 38.8 Å². The number of rotatable bonds is 5. The maximum atomic E-state index is 5.33. The Hall–Kier alpha value is -1.88. The fourth-order valence-electron chi connectivity index (χ4n) is 3.48. The van der Waals surface area contributed by atoms with E-state index in [9.17, 15) is 0 Å². The van der Waals surface area contributed by atoms with Gasteiger partial charge in [0.25, 0.3) is 0 Å². The van der Waals surface area contributed by atoms with Gasteiger partial charge >= 0.3 is 0 Å². The van der Waals surface area contributed by atoms with E-state index in [1.54, 1.807) is 6.26 Å². The Bertz CT molecular complexity index is 763. The van der Waals surface area contributed by atoms with Crippen molar-refractivity contribution in [2.75, 3.05) is 32.7 Å². The van der Waals surface area contributed by atoms with Gasteiger partial charge in [0.15, 0.2) is 11.7 Å². The summed E-state index contributed by atoms with van der Waals surface area (Å²) >= 11 is 0. The van der Waals surface area contributed by atoms with E-state index >= 15 is 0 Å². The van der Waals surface area contributed by atoms with Gasteiger partial charge in [-0.15, -0.1) is 29.1 Å². The highest BCUT2D eigenvalue weighted by molar-refractivity contribution is 14.0. The Morgan fingerprint density at radius 2 is 2.26 bits per heavy atom. The first-order valence-electron chi connectivity index (χ1n) is 9.21. The van der Waals surface area contributed by atoms with Gasteiger partial charge in [-0.2, -0.15) is 0 Å². The fourth-order valence-corrected chi connectivity index (χ4v) is 3.48. The van der Waals surface area contributed by atoms with Crippen LogP contribution in [-0.4, -0.2) is 69.7 Å². The van der Waals surface area contributed by atoms with Crippen LogP contribution in [0.15, 0.2) is 40.0 Å². The SMILES string of the molecule is CCNC(=NCc1nc(-c2ccco2)n[nH]1)N1CCC(N2CC=CC2)C1.I. The second-order valence-corrected chi connectivity index (χ2v) is 6.57. The van der Waals surface area contributed by atoms with E-state index in [-0.39, 0.29) is 24.0 Å². The van der Waals surface area contributed by atoms with Gasteiger partial charge in [-0.3, -0.25) is 10.00 Å². The summed E-state index contributed by atoms with van der Waals surface area (Å²) in [5.41, 5.74) is 0. The molecular weight excluding hydrogens is 457 g/mol. The number of halogens is 1. The van der Waals surface area contributed by atoms with E-state index in [0.29, 0.717) is 24.2 Å². The maximum Gasteiger partial charge on any atom is 0.216 e. The van der Waals surface area contributed by atoms with Crippen molar-refractivity contribution in [1.29, 1.82) is 0 Å². The summed E-state index contributed by atoms with van der Waals surface area (Å²) in [4.78, 5) is 14.1. The Morgan fingerprint density at radius 3 is 3.00 bits per heavy atom. The number of aliphatic imine (C=N–C) groups is 1. The van der Waals surface area contributed by atoms with Gasteiger partial charge in [-0.05, 0) is 25.5 Å². The third-order valence-corrected chi connectivity index (χ3v) is 4.81. The first-order valence-corrected chi connectivity index (χ1v) is 9.21. The van der Waals surface area contributed by atoms with Crippen molar-refractivity contribution in [2.24, 2.45) is 4.99 Å². The smallest absolute Gasteiger partial charge is 0.216 e. The molecular formula is C18H26IN7O. The van der Waals surface area contributed by atoms with Crippen molar-refractivity contribution in [1.82, 2.24) is 30.3 Å². The molecule has 1 unspecified atom stereocenters. The van der Waals surface area contributed by atoms with Crippen molar-refractivity contribution in [3.05, 3.63) is 36.4 Å². The number of aromatic nitrogens is 3. The molecule has 2 aromatic heterocycles. The number of furan rings is 1. The third-order valence-electron chi connectivity index (χ3n) is 4.81. The van der Waals surface area contributed by atoms with Gasteiger partial charge < -0.3 is 14.6 Å². The molecule has 4 rings (SSSR count). The number of nitrogens with one attached hydrogen (secondary N) is 2. The van der Waals surface area contributed by atoms with E-state index in [1.165, 1.54) is 6.42 Å². The molecule has 0 radical (unpaired) electrons. The predicted octanol–water partition coefficient (Wildman–Crippen LogP) is 2.09. The minimum absolute atomic E-state index is 0. The molecule has 27 heavy (non-hydrogen) atoms. The lowest BCUT2D eigenvalue weighted by Gasteiger charge is -2.25. The molecule has 0 aliphatic carbocycles. The van der Waals surface area contributed by atoms with Gasteiger partial charge in [-0.1, -0.05) is 12.2 Å². The lowest BCUT2D eigenvalue weighted by molar-refractivity contribution is 0.259. The Balaban J connectivity index is 0.00000210. The second-order valence-electron chi connectivity index (χ2n) is 6.57. The van der Waals surface area contributed by atoms with Crippen LogP contribution in [0.5, 0.6) is 0 Å². The van der Waals surface area contributed by atoms with Crippen molar-refractivity contribution in [2.45, 2.75) is 25.9 Å². The van der Waals surface area contributed by atoms with E-state index in [1.807, 2.05) is 12.1 Å². The third kappa shape index (κ3) is 4.70. The van der Waals surface area contributed by atoms with E-state index in [4.69, 9.17) is 9.41 Å². The summed E-state index contributed by atoms with van der Waals surface area (Å²) in [5.74, 6) is 2.89. The number of hydrogen-bond donors (Lipinski definition) is 2. The summed E-state index contributed by atoms with van der Waals surface area (Å²) in [6.07, 6.45) is 7.30. The number of likely N-dealkylation sites (tertiary alicyclic amines) is 1. The molecule has 9 heteroatoms. The zero-order valence-electron chi connectivity index (χ0n) is 15.5. The van der Waals surface area contributed by atoms with Crippen LogP contribution in [0.1, 0.15) is 19.2 Å². The highest BCUT2D eigenvalue weighted by atomic mass is 127. The normalized spacial score (nSPS) is 20.3. The maximum absolute atomic E-state index is 5.33. The number of guanidine groups is 1. The molecule has 0 bridgehead atoms. The summed E-state index contributed by atoms with van der Waals surface area (Å²) in [5, 5.41) is 10.5. The average molecular weight is 483 g/mol. The molecule has 2 aromatic rings. The zero-order valence-corrected chi connectivity index (χ0v) is 17.8. The topological polar surface area (TPSA) is 85.6 Å². The average Bonchev–Trinajstić information content (AvgIpc) is 3.44. The monoisotopic (exact) mass is 483 g/mol.